The number of amides is 3. The topological polar surface area (TPSA) is 103 Å². The maximum atomic E-state index is 12.3. The molecule has 3 aliphatic heterocycles. The number of nitrogens with zero attached hydrogens (tertiary/aromatic N) is 2. The summed E-state index contributed by atoms with van der Waals surface area (Å²) in [5.74, 6) is 1.46. The van der Waals surface area contributed by atoms with E-state index < -0.39 is 0 Å². The highest BCUT2D eigenvalue weighted by Crippen LogP contribution is 2.16. The van der Waals surface area contributed by atoms with Crippen LogP contribution in [0.3, 0.4) is 0 Å². The molecule has 126 valence electrons. The molecule has 0 bridgehead atoms. The first-order valence-electron chi connectivity index (χ1n) is 7.89. The van der Waals surface area contributed by atoms with Crippen LogP contribution in [0.15, 0.2) is 5.10 Å². The van der Waals surface area contributed by atoms with Crippen LogP contribution < -0.4 is 16.1 Å². The van der Waals surface area contributed by atoms with Gasteiger partial charge < -0.3 is 10.2 Å². The summed E-state index contributed by atoms with van der Waals surface area (Å²) in [5, 5.41) is 9.95. The number of likely N-dealkylation sites (tertiary alicyclic amines) is 1. The molecule has 1 unspecified atom stereocenters. The fourth-order valence-electron chi connectivity index (χ4n) is 2.92. The van der Waals surface area contributed by atoms with Crippen LogP contribution in [0.5, 0.6) is 0 Å². The molecule has 0 aromatic heterocycles. The predicted octanol–water partition coefficient (Wildman–Crippen LogP) is -0.978. The monoisotopic (exact) mass is 339 g/mol. The average Bonchev–Trinajstić information content (AvgIpc) is 3.10. The summed E-state index contributed by atoms with van der Waals surface area (Å²) in [7, 11) is 0. The lowest BCUT2D eigenvalue weighted by Crippen LogP contribution is -2.52. The second-order valence-corrected chi connectivity index (χ2v) is 6.97. The van der Waals surface area contributed by atoms with Crippen molar-refractivity contribution in [3.63, 3.8) is 0 Å². The summed E-state index contributed by atoms with van der Waals surface area (Å²) in [5.41, 5.74) is 2.70. The number of thioether (sulfide) groups is 1. The van der Waals surface area contributed by atoms with Gasteiger partial charge in [0.1, 0.15) is 5.71 Å². The maximum absolute atomic E-state index is 12.3. The van der Waals surface area contributed by atoms with Gasteiger partial charge in [0.2, 0.25) is 11.8 Å². The van der Waals surface area contributed by atoms with Gasteiger partial charge in [-0.15, -0.1) is 11.8 Å². The van der Waals surface area contributed by atoms with E-state index in [-0.39, 0.29) is 29.8 Å². The molecule has 3 rings (SSSR count). The van der Waals surface area contributed by atoms with Gasteiger partial charge in [-0.1, -0.05) is 0 Å². The summed E-state index contributed by atoms with van der Waals surface area (Å²) in [6.45, 7) is 1.33. The largest absolute Gasteiger partial charge is 0.348 e. The molecule has 2 fully saturated rings. The van der Waals surface area contributed by atoms with Gasteiger partial charge in [-0.25, -0.2) is 5.43 Å². The molecule has 2 saturated heterocycles. The zero-order valence-electron chi connectivity index (χ0n) is 12.8. The summed E-state index contributed by atoms with van der Waals surface area (Å²) in [4.78, 5) is 37.3. The molecule has 8 nitrogen and oxygen atoms in total. The van der Waals surface area contributed by atoms with E-state index in [1.165, 1.54) is 0 Å². The number of rotatable bonds is 3. The van der Waals surface area contributed by atoms with Gasteiger partial charge in [-0.05, 0) is 12.8 Å². The Bertz CT molecular complexity index is 525. The van der Waals surface area contributed by atoms with Crippen molar-refractivity contribution in [3.8, 4) is 0 Å². The van der Waals surface area contributed by atoms with E-state index in [9.17, 15) is 14.4 Å². The standard InChI is InChI=1S/C14H21N5O3S/c20-12-2-1-10(17-18-12)13(21)16-9-3-5-19(6-4-9)14(22)11-7-23-8-15-11/h9,11,15H,1-8H2,(H,16,21)(H,18,20). The Morgan fingerprint density at radius 2 is 2.04 bits per heavy atom. The zero-order valence-corrected chi connectivity index (χ0v) is 13.7. The normalized spacial score (nSPS) is 25.7. The Balaban J connectivity index is 1.44. The van der Waals surface area contributed by atoms with Crippen LogP contribution in [0.1, 0.15) is 25.7 Å². The number of carbonyl (C=O) groups excluding carboxylic acids is 3. The van der Waals surface area contributed by atoms with E-state index in [1.54, 1.807) is 11.8 Å². The molecule has 3 N–H and O–H groups in total. The molecule has 3 heterocycles. The average molecular weight is 339 g/mol. The number of carbonyl (C=O) groups is 3. The molecule has 0 radical (unpaired) electrons. The minimum Gasteiger partial charge on any atom is -0.348 e. The Morgan fingerprint density at radius 3 is 2.65 bits per heavy atom. The van der Waals surface area contributed by atoms with Crippen LogP contribution in [-0.2, 0) is 14.4 Å². The Morgan fingerprint density at radius 1 is 1.26 bits per heavy atom. The van der Waals surface area contributed by atoms with E-state index in [0.29, 0.717) is 31.6 Å². The van der Waals surface area contributed by atoms with Crippen LogP contribution in [0.4, 0.5) is 0 Å². The van der Waals surface area contributed by atoms with Gasteiger partial charge in [0.15, 0.2) is 0 Å². The second-order valence-electron chi connectivity index (χ2n) is 5.94. The second kappa shape index (κ2) is 7.31. The summed E-state index contributed by atoms with van der Waals surface area (Å²) in [6.07, 6.45) is 2.17. The van der Waals surface area contributed by atoms with Crippen molar-refractivity contribution in [2.24, 2.45) is 5.10 Å². The van der Waals surface area contributed by atoms with Crippen LogP contribution >= 0.6 is 11.8 Å². The number of hydrazone groups is 1. The van der Waals surface area contributed by atoms with E-state index in [4.69, 9.17) is 0 Å². The molecule has 0 aromatic rings. The smallest absolute Gasteiger partial charge is 0.267 e. The van der Waals surface area contributed by atoms with Crippen molar-refractivity contribution < 1.29 is 14.4 Å². The van der Waals surface area contributed by atoms with E-state index >= 15 is 0 Å². The maximum Gasteiger partial charge on any atom is 0.267 e. The Labute approximate surface area is 138 Å². The molecule has 0 spiro atoms. The number of nitrogens with one attached hydrogen (secondary N) is 3. The lowest BCUT2D eigenvalue weighted by molar-refractivity contribution is -0.133. The van der Waals surface area contributed by atoms with E-state index in [2.05, 4.69) is 21.2 Å². The lowest BCUT2D eigenvalue weighted by atomic mass is 10.0. The number of hydrogen-bond acceptors (Lipinski definition) is 6. The van der Waals surface area contributed by atoms with Gasteiger partial charge in [0.05, 0.1) is 6.04 Å². The third-order valence-electron chi connectivity index (χ3n) is 4.32. The first kappa shape index (κ1) is 16.3. The highest BCUT2D eigenvalue weighted by molar-refractivity contribution is 7.99. The highest BCUT2D eigenvalue weighted by Gasteiger charge is 2.31. The summed E-state index contributed by atoms with van der Waals surface area (Å²) < 4.78 is 0. The molecule has 23 heavy (non-hydrogen) atoms. The molecular weight excluding hydrogens is 318 g/mol. The van der Waals surface area contributed by atoms with Gasteiger partial charge >= 0.3 is 0 Å². The van der Waals surface area contributed by atoms with Crippen molar-refractivity contribution in [3.05, 3.63) is 0 Å². The molecule has 0 aliphatic carbocycles. The first-order valence-corrected chi connectivity index (χ1v) is 9.05. The third kappa shape index (κ3) is 4.03. The molecule has 3 amide bonds. The Kier molecular flexibility index (Phi) is 5.16. The molecule has 1 atom stereocenters. The summed E-state index contributed by atoms with van der Waals surface area (Å²) >= 11 is 1.74. The van der Waals surface area contributed by atoms with Crippen LogP contribution in [-0.4, -0.2) is 65.1 Å². The zero-order chi connectivity index (χ0) is 16.2. The van der Waals surface area contributed by atoms with Crippen molar-refractivity contribution >= 4 is 35.2 Å². The van der Waals surface area contributed by atoms with Crippen LogP contribution in [0.2, 0.25) is 0 Å². The third-order valence-corrected chi connectivity index (χ3v) is 5.26. The number of hydrogen-bond donors (Lipinski definition) is 3. The highest BCUT2D eigenvalue weighted by atomic mass is 32.2. The minimum absolute atomic E-state index is 0.0535. The van der Waals surface area contributed by atoms with Crippen molar-refractivity contribution in [1.82, 2.24) is 21.0 Å². The number of piperidine rings is 1. The van der Waals surface area contributed by atoms with Gasteiger partial charge in [0.25, 0.3) is 5.91 Å². The van der Waals surface area contributed by atoms with Gasteiger partial charge in [-0.2, -0.15) is 5.10 Å². The van der Waals surface area contributed by atoms with Crippen molar-refractivity contribution in [2.45, 2.75) is 37.8 Å². The fraction of sp³-hybridized carbons (Fsp3) is 0.714. The fourth-order valence-corrected chi connectivity index (χ4v) is 3.86. The summed E-state index contributed by atoms with van der Waals surface area (Å²) in [6, 6.07) is -0.0101. The molecular formula is C14H21N5O3S. The predicted molar refractivity (Wildman–Crippen MR) is 86.8 cm³/mol. The van der Waals surface area contributed by atoms with E-state index in [0.717, 1.165) is 24.5 Å². The lowest BCUT2D eigenvalue weighted by Gasteiger charge is -2.33. The quantitative estimate of drug-likeness (QED) is 0.613. The first-order chi connectivity index (χ1) is 11.1. The van der Waals surface area contributed by atoms with Crippen LogP contribution in [0.25, 0.3) is 0 Å². The van der Waals surface area contributed by atoms with Gasteiger partial charge in [0, 0.05) is 43.6 Å². The molecule has 3 aliphatic rings. The molecule has 0 aromatic carbocycles. The van der Waals surface area contributed by atoms with Gasteiger partial charge in [-0.3, -0.25) is 19.7 Å². The van der Waals surface area contributed by atoms with Crippen LogP contribution in [0, 0.1) is 0 Å². The molecule has 0 saturated carbocycles. The van der Waals surface area contributed by atoms with Crippen molar-refractivity contribution in [1.29, 1.82) is 0 Å². The minimum atomic E-state index is -0.219. The van der Waals surface area contributed by atoms with E-state index in [1.807, 2.05) is 4.90 Å². The SMILES string of the molecule is O=C1CCC(C(=O)NC2CCN(C(=O)C3CSCN3)CC2)=NN1. The van der Waals surface area contributed by atoms with Crippen molar-refractivity contribution in [2.75, 3.05) is 24.7 Å². The molecule has 9 heteroatoms. The Hall–Kier alpha value is -1.61.